The summed E-state index contributed by atoms with van der Waals surface area (Å²) in [6.07, 6.45) is 0.0631. The maximum Gasteiger partial charge on any atom is 0.261 e. The molecule has 2 heterocycles. The lowest BCUT2D eigenvalue weighted by Gasteiger charge is -2.10. The molecule has 0 saturated carbocycles. The highest BCUT2D eigenvalue weighted by atomic mass is 32.1. The van der Waals surface area contributed by atoms with Crippen LogP contribution in [0.2, 0.25) is 0 Å². The van der Waals surface area contributed by atoms with Crippen LogP contribution in [0.25, 0.3) is 0 Å². The monoisotopic (exact) mass is 396 g/mol. The van der Waals surface area contributed by atoms with Crippen LogP contribution in [0.5, 0.6) is 0 Å². The third-order valence-corrected chi connectivity index (χ3v) is 4.99. The number of hydrogen-bond acceptors (Lipinski definition) is 6. The molecule has 0 aliphatic carbocycles. The van der Waals surface area contributed by atoms with E-state index in [4.69, 9.17) is 0 Å². The highest BCUT2D eigenvalue weighted by Gasteiger charge is 2.35. The molecule has 3 amide bonds. The van der Waals surface area contributed by atoms with Crippen LogP contribution in [-0.2, 0) is 17.8 Å². The minimum atomic E-state index is -0.377. The van der Waals surface area contributed by atoms with E-state index in [1.54, 1.807) is 24.3 Å². The first-order valence-electron chi connectivity index (χ1n) is 8.33. The second kappa shape index (κ2) is 7.28. The fourth-order valence-corrected chi connectivity index (χ4v) is 3.58. The minimum Gasteiger partial charge on any atom is -0.300 e. The molecular formula is C19H13FN4O3S. The average Bonchev–Trinajstić information content (AvgIpc) is 3.22. The summed E-state index contributed by atoms with van der Waals surface area (Å²) in [5.41, 5.74) is 1.39. The third kappa shape index (κ3) is 3.52. The summed E-state index contributed by atoms with van der Waals surface area (Å²) >= 11 is 1.08. The highest BCUT2D eigenvalue weighted by molar-refractivity contribution is 7.15. The number of nitrogens with zero attached hydrogens (tertiary/aromatic N) is 3. The van der Waals surface area contributed by atoms with Gasteiger partial charge in [0.2, 0.25) is 11.0 Å². The SMILES string of the molecule is O=C(Cc1ccc(F)cc1)Nc1nnc(CN2C(=O)c3ccccc3C2=O)s1. The van der Waals surface area contributed by atoms with Crippen LogP contribution in [0.15, 0.2) is 48.5 Å². The molecule has 0 fully saturated rings. The number of benzene rings is 2. The van der Waals surface area contributed by atoms with Gasteiger partial charge in [-0.2, -0.15) is 0 Å². The zero-order valence-electron chi connectivity index (χ0n) is 14.4. The largest absolute Gasteiger partial charge is 0.300 e. The molecule has 2 aromatic carbocycles. The zero-order valence-corrected chi connectivity index (χ0v) is 15.2. The normalized spacial score (nSPS) is 13.0. The predicted octanol–water partition coefficient (Wildman–Crippen LogP) is 2.65. The van der Waals surface area contributed by atoms with Gasteiger partial charge in [0, 0.05) is 0 Å². The first-order chi connectivity index (χ1) is 13.5. The van der Waals surface area contributed by atoms with Gasteiger partial charge in [-0.05, 0) is 29.8 Å². The van der Waals surface area contributed by atoms with E-state index in [9.17, 15) is 18.8 Å². The van der Waals surface area contributed by atoms with Gasteiger partial charge in [0.05, 0.1) is 24.1 Å². The lowest BCUT2D eigenvalue weighted by Crippen LogP contribution is -2.29. The summed E-state index contributed by atoms with van der Waals surface area (Å²) in [5.74, 6) is -1.45. The molecule has 1 aliphatic heterocycles. The number of aromatic nitrogens is 2. The van der Waals surface area contributed by atoms with Crippen molar-refractivity contribution < 1.29 is 18.8 Å². The van der Waals surface area contributed by atoms with Crippen LogP contribution < -0.4 is 5.32 Å². The van der Waals surface area contributed by atoms with Crippen molar-refractivity contribution in [1.82, 2.24) is 15.1 Å². The summed E-state index contributed by atoms with van der Waals surface area (Å²) in [7, 11) is 0. The molecule has 4 rings (SSSR count). The first kappa shape index (κ1) is 17.9. The Morgan fingerprint density at radius 1 is 1.00 bits per heavy atom. The van der Waals surface area contributed by atoms with Crippen molar-refractivity contribution in [3.8, 4) is 0 Å². The van der Waals surface area contributed by atoms with Crippen molar-refractivity contribution in [3.05, 3.63) is 76.0 Å². The van der Waals surface area contributed by atoms with Gasteiger partial charge in [0.15, 0.2) is 0 Å². The second-order valence-electron chi connectivity index (χ2n) is 6.09. The summed E-state index contributed by atoms with van der Waals surface area (Å²) in [5, 5.41) is 11.1. The molecule has 0 spiro atoms. The molecule has 0 radical (unpaired) electrons. The Morgan fingerprint density at radius 3 is 2.29 bits per heavy atom. The van der Waals surface area contributed by atoms with E-state index in [0.29, 0.717) is 21.7 Å². The number of imide groups is 1. The van der Waals surface area contributed by atoms with Gasteiger partial charge in [-0.3, -0.25) is 19.3 Å². The minimum absolute atomic E-state index is 0.0160. The maximum absolute atomic E-state index is 12.9. The molecule has 7 nitrogen and oxygen atoms in total. The number of fused-ring (bicyclic) bond motifs is 1. The van der Waals surface area contributed by atoms with Gasteiger partial charge in [-0.25, -0.2) is 4.39 Å². The van der Waals surface area contributed by atoms with E-state index in [1.807, 2.05) is 0 Å². The quantitative estimate of drug-likeness (QED) is 0.670. The number of carbonyl (C=O) groups is 3. The van der Waals surface area contributed by atoms with Gasteiger partial charge in [-0.1, -0.05) is 35.6 Å². The molecule has 28 heavy (non-hydrogen) atoms. The molecule has 1 N–H and O–H groups in total. The maximum atomic E-state index is 12.9. The number of amides is 3. The molecular weight excluding hydrogens is 383 g/mol. The molecule has 0 bridgehead atoms. The zero-order chi connectivity index (χ0) is 19.7. The van der Waals surface area contributed by atoms with E-state index in [0.717, 1.165) is 16.2 Å². The highest BCUT2D eigenvalue weighted by Crippen LogP contribution is 2.26. The Kier molecular flexibility index (Phi) is 4.66. The number of anilines is 1. The fourth-order valence-electron chi connectivity index (χ4n) is 2.84. The topological polar surface area (TPSA) is 92.3 Å². The summed E-state index contributed by atoms with van der Waals surface area (Å²) in [4.78, 5) is 38.0. The number of carbonyl (C=O) groups excluding carboxylic acids is 3. The summed E-state index contributed by atoms with van der Waals surface area (Å²) in [6.45, 7) is -0.0160. The van der Waals surface area contributed by atoms with Crippen LogP contribution in [0, 0.1) is 5.82 Å². The van der Waals surface area contributed by atoms with Crippen LogP contribution in [0.1, 0.15) is 31.3 Å². The predicted molar refractivity (Wildman–Crippen MR) is 99.3 cm³/mol. The number of hydrogen-bond donors (Lipinski definition) is 1. The lowest BCUT2D eigenvalue weighted by molar-refractivity contribution is -0.115. The average molecular weight is 396 g/mol. The Labute approximate surface area is 162 Å². The standard InChI is InChI=1S/C19H13FN4O3S/c20-12-7-5-11(6-8-12)9-15(25)21-19-23-22-16(28-19)10-24-17(26)13-3-1-2-4-14(13)18(24)27/h1-8H,9-10H2,(H,21,23,25). The molecule has 0 atom stereocenters. The third-order valence-electron chi connectivity index (χ3n) is 4.16. The lowest BCUT2D eigenvalue weighted by atomic mass is 10.1. The van der Waals surface area contributed by atoms with E-state index < -0.39 is 0 Å². The first-order valence-corrected chi connectivity index (χ1v) is 9.15. The van der Waals surface area contributed by atoms with Crippen molar-refractivity contribution >= 4 is 34.2 Å². The van der Waals surface area contributed by atoms with Crippen molar-refractivity contribution in [3.63, 3.8) is 0 Å². The summed E-state index contributed by atoms with van der Waals surface area (Å²) < 4.78 is 12.9. The fraction of sp³-hybridized carbons (Fsp3) is 0.105. The Balaban J connectivity index is 1.40. The van der Waals surface area contributed by atoms with Gasteiger partial charge in [-0.15, -0.1) is 10.2 Å². The van der Waals surface area contributed by atoms with Crippen molar-refractivity contribution in [2.24, 2.45) is 0 Å². The Morgan fingerprint density at radius 2 is 1.64 bits per heavy atom. The molecule has 140 valence electrons. The number of nitrogens with one attached hydrogen (secondary N) is 1. The Hall–Kier alpha value is -3.46. The van der Waals surface area contributed by atoms with Crippen LogP contribution in [0.3, 0.4) is 0 Å². The van der Waals surface area contributed by atoms with Crippen molar-refractivity contribution in [2.45, 2.75) is 13.0 Å². The smallest absolute Gasteiger partial charge is 0.261 e. The van der Waals surface area contributed by atoms with Crippen molar-refractivity contribution in [1.29, 1.82) is 0 Å². The Bertz CT molecular complexity index is 1050. The van der Waals surface area contributed by atoms with E-state index >= 15 is 0 Å². The number of rotatable bonds is 5. The van der Waals surface area contributed by atoms with Gasteiger partial charge < -0.3 is 5.32 Å². The molecule has 1 aliphatic rings. The summed E-state index contributed by atoms with van der Waals surface area (Å²) in [6, 6.07) is 12.3. The van der Waals surface area contributed by atoms with Crippen LogP contribution in [0.4, 0.5) is 9.52 Å². The molecule has 0 saturated heterocycles. The van der Waals surface area contributed by atoms with Gasteiger partial charge in [0.25, 0.3) is 11.8 Å². The molecule has 3 aromatic rings. The van der Waals surface area contributed by atoms with E-state index in [-0.39, 0.29) is 41.6 Å². The molecule has 1 aromatic heterocycles. The van der Waals surface area contributed by atoms with Gasteiger partial charge >= 0.3 is 0 Å². The van der Waals surface area contributed by atoms with Crippen LogP contribution in [-0.4, -0.2) is 32.8 Å². The van der Waals surface area contributed by atoms with E-state index in [2.05, 4.69) is 15.5 Å². The molecule has 9 heteroatoms. The van der Waals surface area contributed by atoms with E-state index in [1.165, 1.54) is 24.3 Å². The van der Waals surface area contributed by atoms with Crippen molar-refractivity contribution in [2.75, 3.05) is 5.32 Å². The number of halogens is 1. The van der Waals surface area contributed by atoms with Gasteiger partial charge in [0.1, 0.15) is 10.8 Å². The molecule has 0 unspecified atom stereocenters. The van der Waals surface area contributed by atoms with Crippen LogP contribution >= 0.6 is 11.3 Å². The second-order valence-corrected chi connectivity index (χ2v) is 7.16.